The van der Waals surface area contributed by atoms with Gasteiger partial charge in [-0.1, -0.05) is 0 Å². The first-order valence-corrected chi connectivity index (χ1v) is 8.96. The van der Waals surface area contributed by atoms with Gasteiger partial charge in [-0.15, -0.1) is 0 Å². The fraction of sp³-hybridized carbons (Fsp3) is 0.400. The zero-order valence-electron chi connectivity index (χ0n) is 18.0. The largest absolute Gasteiger partial charge is 0.495 e. The van der Waals surface area contributed by atoms with Crippen molar-refractivity contribution in [2.24, 2.45) is 0 Å². The van der Waals surface area contributed by atoms with Crippen molar-refractivity contribution in [3.63, 3.8) is 0 Å². The predicted octanol–water partition coefficient (Wildman–Crippen LogP) is 2.82. The van der Waals surface area contributed by atoms with E-state index in [9.17, 15) is 13.6 Å². The van der Waals surface area contributed by atoms with Crippen LogP contribution in [0.2, 0.25) is 0 Å². The van der Waals surface area contributed by atoms with E-state index >= 15 is 0 Å². The number of aromatic nitrogens is 1. The van der Waals surface area contributed by atoms with E-state index in [1.165, 1.54) is 18.3 Å². The van der Waals surface area contributed by atoms with Crippen LogP contribution in [0.4, 0.5) is 8.78 Å². The summed E-state index contributed by atoms with van der Waals surface area (Å²) in [5.74, 6) is -2.49. The summed E-state index contributed by atoms with van der Waals surface area (Å²) in [6.45, 7) is 4.48. The second-order valence-corrected chi connectivity index (χ2v) is 7.95. The maximum atomic E-state index is 14.9. The smallest absolute Gasteiger partial charge is 0.399 e. The average Bonchev–Trinajstić information content (AvgIpc) is 2.98. The number of benzene rings is 1. The van der Waals surface area contributed by atoms with Gasteiger partial charge in [-0.25, -0.2) is 8.78 Å². The van der Waals surface area contributed by atoms with Crippen LogP contribution in [0.1, 0.15) is 52.1 Å². The van der Waals surface area contributed by atoms with E-state index in [1.807, 2.05) is 27.7 Å². The first-order chi connectivity index (χ1) is 13.8. The van der Waals surface area contributed by atoms with Gasteiger partial charge in [-0.2, -0.15) is 0 Å². The molecule has 0 radical (unpaired) electrons. The molecule has 2 aromatic rings. The van der Waals surface area contributed by atoms with Crippen LogP contribution >= 0.6 is 0 Å². The highest BCUT2D eigenvalue weighted by Crippen LogP contribution is 2.36. The van der Waals surface area contributed by atoms with Gasteiger partial charge in [0.15, 0.2) is 0 Å². The number of pyridine rings is 1. The lowest BCUT2D eigenvalue weighted by atomic mass is 9.78. The maximum Gasteiger partial charge on any atom is 0.495 e. The Hall–Kier alpha value is -2.32. The van der Waals surface area contributed by atoms with Crippen molar-refractivity contribution in [2.75, 3.05) is 0 Å². The molecule has 3 heterocycles. The van der Waals surface area contributed by atoms with Crippen LogP contribution in [-0.4, -0.2) is 34.1 Å². The summed E-state index contributed by atoms with van der Waals surface area (Å²) >= 11 is 0. The Bertz CT molecular complexity index is 1010. The van der Waals surface area contributed by atoms with Crippen LogP contribution in [0.25, 0.3) is 0 Å². The minimum atomic E-state index is -2.28. The van der Waals surface area contributed by atoms with Crippen LogP contribution < -0.4 is 5.46 Å². The average molecular weight is 388 g/mol. The summed E-state index contributed by atoms with van der Waals surface area (Å²) in [6, 6.07) is 5.15. The Balaban J connectivity index is 1.64. The van der Waals surface area contributed by atoms with Crippen molar-refractivity contribution in [3.05, 3.63) is 58.9 Å². The molecule has 0 atom stereocenters. The van der Waals surface area contributed by atoms with Crippen LogP contribution in [0, 0.1) is 11.6 Å². The van der Waals surface area contributed by atoms with Crippen molar-refractivity contribution in [3.8, 4) is 0 Å². The third kappa shape index (κ3) is 3.01. The third-order valence-corrected chi connectivity index (χ3v) is 5.53. The zero-order valence-corrected chi connectivity index (χ0v) is 16.0. The van der Waals surface area contributed by atoms with Gasteiger partial charge in [0.05, 0.1) is 38.2 Å². The van der Waals surface area contributed by atoms with E-state index in [1.54, 1.807) is 0 Å². The number of hydrogen-bond donors (Lipinski definition) is 0. The number of halogens is 2. The first kappa shape index (κ1) is 16.6. The minimum absolute atomic E-state index is 0.0651. The number of rotatable bonds is 3. The Morgan fingerprint density at radius 3 is 2.39 bits per heavy atom. The number of fused-ring (bicyclic) bond motifs is 1. The van der Waals surface area contributed by atoms with E-state index in [0.29, 0.717) is 0 Å². The molecule has 28 heavy (non-hydrogen) atoms. The SMILES string of the molecule is [2H]C1([2H])c2ncccc2C(=O)N1Cc1c(F)cc(B2OC(C)(C)C(C)(C)O2)cc1F. The molecule has 0 bridgehead atoms. The summed E-state index contributed by atoms with van der Waals surface area (Å²) in [4.78, 5) is 17.3. The highest BCUT2D eigenvalue weighted by atomic mass is 19.1. The molecule has 8 heteroatoms. The fourth-order valence-corrected chi connectivity index (χ4v) is 3.15. The van der Waals surface area contributed by atoms with E-state index in [-0.39, 0.29) is 16.7 Å². The Labute approximate surface area is 165 Å². The molecular formula is C20H21BF2N2O3. The topological polar surface area (TPSA) is 51.7 Å². The van der Waals surface area contributed by atoms with Crippen LogP contribution in [0.3, 0.4) is 0 Å². The van der Waals surface area contributed by atoms with E-state index in [4.69, 9.17) is 12.1 Å². The summed E-state index contributed by atoms with van der Waals surface area (Å²) < 4.78 is 57.9. The van der Waals surface area contributed by atoms with E-state index in [0.717, 1.165) is 17.0 Å². The number of carbonyl (C=O) groups is 1. The van der Waals surface area contributed by atoms with E-state index in [2.05, 4.69) is 4.98 Å². The van der Waals surface area contributed by atoms with E-state index < -0.39 is 54.5 Å². The van der Waals surface area contributed by atoms with Gasteiger partial charge in [0.25, 0.3) is 5.91 Å². The number of carbonyl (C=O) groups excluding carboxylic acids is 1. The van der Waals surface area contributed by atoms with Gasteiger partial charge in [0, 0.05) is 11.8 Å². The molecule has 4 rings (SSSR count). The maximum absolute atomic E-state index is 14.9. The highest BCUT2D eigenvalue weighted by molar-refractivity contribution is 6.62. The molecule has 1 fully saturated rings. The van der Waals surface area contributed by atoms with Crippen LogP contribution in [0.5, 0.6) is 0 Å². The van der Waals surface area contributed by atoms with Crippen molar-refractivity contribution in [2.45, 2.75) is 51.9 Å². The van der Waals surface area contributed by atoms with Gasteiger partial charge in [-0.05, 0) is 57.4 Å². The molecule has 0 spiro atoms. The molecule has 1 aromatic carbocycles. The second kappa shape index (κ2) is 6.35. The molecule has 0 unspecified atom stereocenters. The summed E-state index contributed by atoms with van der Waals surface area (Å²) in [7, 11) is -0.943. The van der Waals surface area contributed by atoms with Crippen molar-refractivity contribution in [1.29, 1.82) is 0 Å². The van der Waals surface area contributed by atoms with Gasteiger partial charge in [0.1, 0.15) is 11.6 Å². The van der Waals surface area contributed by atoms with Crippen LogP contribution in [-0.2, 0) is 22.4 Å². The molecule has 1 aromatic heterocycles. The predicted molar refractivity (Wildman–Crippen MR) is 99.9 cm³/mol. The highest BCUT2D eigenvalue weighted by Gasteiger charge is 2.52. The Morgan fingerprint density at radius 2 is 1.82 bits per heavy atom. The molecule has 2 aliphatic rings. The van der Waals surface area contributed by atoms with Crippen molar-refractivity contribution < 1.29 is 25.6 Å². The third-order valence-electron chi connectivity index (χ3n) is 5.53. The lowest BCUT2D eigenvalue weighted by molar-refractivity contribution is 0.00578. The summed E-state index contributed by atoms with van der Waals surface area (Å²) in [5.41, 5.74) is -1.56. The quantitative estimate of drug-likeness (QED) is 0.759. The molecular weight excluding hydrogens is 365 g/mol. The summed E-state index contributed by atoms with van der Waals surface area (Å²) in [5, 5.41) is 0. The Morgan fingerprint density at radius 1 is 1.21 bits per heavy atom. The number of nitrogens with zero attached hydrogens (tertiary/aromatic N) is 2. The molecule has 0 aliphatic carbocycles. The zero-order chi connectivity index (χ0) is 22.1. The monoisotopic (exact) mass is 388 g/mol. The lowest BCUT2D eigenvalue weighted by Gasteiger charge is -2.32. The molecule has 146 valence electrons. The standard InChI is InChI=1S/C20H21BF2N2O3/c1-19(2)20(3,4)28-21(27-19)12-8-15(22)14(16(23)9-12)10-25-11-17-13(18(25)26)6-5-7-24-17/h5-9H,10-11H2,1-4H3/i11D2. The van der Waals surface area contributed by atoms with Gasteiger partial charge in [0.2, 0.25) is 0 Å². The second-order valence-electron chi connectivity index (χ2n) is 7.95. The number of amides is 1. The molecule has 0 saturated carbocycles. The molecule has 1 amide bonds. The van der Waals surface area contributed by atoms with Gasteiger partial charge in [-0.3, -0.25) is 9.78 Å². The molecule has 2 aliphatic heterocycles. The molecule has 1 saturated heterocycles. The Kier molecular flexibility index (Phi) is 3.77. The minimum Gasteiger partial charge on any atom is -0.399 e. The fourth-order valence-electron chi connectivity index (χ4n) is 3.15. The first-order valence-electron chi connectivity index (χ1n) is 9.96. The van der Waals surface area contributed by atoms with Crippen molar-refractivity contribution in [1.82, 2.24) is 9.88 Å². The summed E-state index contributed by atoms with van der Waals surface area (Å²) in [6.07, 6.45) is 1.37. The van der Waals surface area contributed by atoms with Crippen LogP contribution in [0.15, 0.2) is 30.5 Å². The van der Waals surface area contributed by atoms with Crippen molar-refractivity contribution >= 4 is 18.5 Å². The van der Waals surface area contributed by atoms with Gasteiger partial charge >= 0.3 is 7.12 Å². The normalized spacial score (nSPS) is 22.9. The number of hydrogen-bond acceptors (Lipinski definition) is 4. The van der Waals surface area contributed by atoms with Gasteiger partial charge < -0.3 is 14.2 Å². The lowest BCUT2D eigenvalue weighted by Crippen LogP contribution is -2.41. The molecule has 0 N–H and O–H groups in total. The molecule has 5 nitrogen and oxygen atoms in total.